The number of hydrogen-bond donors (Lipinski definition) is 1. The molecule has 2 aromatic carbocycles. The van der Waals surface area contributed by atoms with E-state index in [0.717, 1.165) is 42.5 Å². The minimum atomic E-state index is -3.22. The highest BCUT2D eigenvalue weighted by Crippen LogP contribution is 2.33. The number of ether oxygens (including phenoxy) is 1. The van der Waals surface area contributed by atoms with Crippen molar-refractivity contribution in [3.05, 3.63) is 78.5 Å². The van der Waals surface area contributed by atoms with Crippen LogP contribution in [0.3, 0.4) is 0 Å². The molecule has 0 saturated heterocycles. The number of carbonyl (C=O) groups excluding carboxylic acids is 1. The zero-order valence-electron chi connectivity index (χ0n) is 24.0. The predicted molar refractivity (Wildman–Crippen MR) is 161 cm³/mol. The molecule has 11 heteroatoms. The Morgan fingerprint density at radius 2 is 1.86 bits per heavy atom. The molecule has 5 rings (SSSR count). The van der Waals surface area contributed by atoms with Crippen LogP contribution in [0.15, 0.2) is 67.1 Å². The Hall–Kier alpha value is -3.83. The van der Waals surface area contributed by atoms with E-state index in [-0.39, 0.29) is 30.3 Å². The number of esters is 1. The molecule has 1 N–H and O–H groups in total. The molecule has 1 atom stereocenters. The summed E-state index contributed by atoms with van der Waals surface area (Å²) >= 11 is 0. The fourth-order valence-electron chi connectivity index (χ4n) is 5.69. The second-order valence-corrected chi connectivity index (χ2v) is 12.9. The smallest absolute Gasteiger partial charge is 0.314 e. The predicted octanol–water partition coefficient (Wildman–Crippen LogP) is 5.09. The molecule has 1 unspecified atom stereocenters. The minimum absolute atomic E-state index is 0.0392. The van der Waals surface area contributed by atoms with E-state index in [2.05, 4.69) is 19.6 Å². The lowest BCUT2D eigenvalue weighted by Gasteiger charge is -2.35. The lowest BCUT2D eigenvalue weighted by atomic mass is 9.86. The topological polar surface area (TPSA) is 106 Å². The first-order valence-corrected chi connectivity index (χ1v) is 15.8. The summed E-state index contributed by atoms with van der Waals surface area (Å²) in [6, 6.07) is 16.2. The Morgan fingerprint density at radius 1 is 1.12 bits per heavy atom. The van der Waals surface area contributed by atoms with Gasteiger partial charge in [-0.05, 0) is 68.8 Å². The SMILES string of the molecule is CNS(=O)(=O)C[C@H]1CC[C@H](N(C)c2ncnc3c2ccn3COC(=O)C(C)c2ccc(-c3ccccc3)c(F)c2)CC1. The lowest BCUT2D eigenvalue weighted by Crippen LogP contribution is -2.38. The van der Waals surface area contributed by atoms with Crippen LogP contribution >= 0.6 is 0 Å². The van der Waals surface area contributed by atoms with Gasteiger partial charge in [0.2, 0.25) is 10.0 Å². The number of hydrogen-bond acceptors (Lipinski definition) is 7. The number of carbonyl (C=O) groups is 1. The van der Waals surface area contributed by atoms with Gasteiger partial charge in [-0.3, -0.25) is 9.36 Å². The summed E-state index contributed by atoms with van der Waals surface area (Å²) in [7, 11) is 0.229. The summed E-state index contributed by atoms with van der Waals surface area (Å²) in [6.45, 7) is 1.66. The van der Waals surface area contributed by atoms with Gasteiger partial charge in [-0.15, -0.1) is 0 Å². The Labute approximate surface area is 245 Å². The first-order chi connectivity index (χ1) is 20.2. The summed E-state index contributed by atoms with van der Waals surface area (Å²) < 4.78 is 48.5. The monoisotopic (exact) mass is 593 g/mol. The molecule has 0 radical (unpaired) electrons. The van der Waals surface area contributed by atoms with E-state index in [0.29, 0.717) is 16.8 Å². The van der Waals surface area contributed by atoms with Crippen molar-refractivity contribution in [1.82, 2.24) is 19.3 Å². The van der Waals surface area contributed by atoms with E-state index >= 15 is 0 Å². The average Bonchev–Trinajstić information content (AvgIpc) is 3.43. The lowest BCUT2D eigenvalue weighted by molar-refractivity contribution is -0.148. The van der Waals surface area contributed by atoms with Crippen LogP contribution in [0.5, 0.6) is 0 Å². The van der Waals surface area contributed by atoms with Crippen molar-refractivity contribution in [3.8, 4) is 11.1 Å². The molecular formula is C31H36FN5O4S. The Kier molecular flexibility index (Phi) is 8.88. The van der Waals surface area contributed by atoms with Crippen LogP contribution in [0.4, 0.5) is 10.2 Å². The number of sulfonamides is 1. The average molecular weight is 594 g/mol. The van der Waals surface area contributed by atoms with E-state index in [1.54, 1.807) is 23.6 Å². The summed E-state index contributed by atoms with van der Waals surface area (Å²) in [6.07, 6.45) is 6.71. The second kappa shape index (κ2) is 12.6. The largest absolute Gasteiger partial charge is 0.443 e. The number of nitrogens with one attached hydrogen (secondary N) is 1. The molecule has 4 aromatic rings. The van der Waals surface area contributed by atoms with Crippen LogP contribution in [0, 0.1) is 11.7 Å². The van der Waals surface area contributed by atoms with Gasteiger partial charge in [0.1, 0.15) is 23.6 Å². The van der Waals surface area contributed by atoms with Crippen molar-refractivity contribution in [2.45, 2.75) is 51.3 Å². The molecule has 1 saturated carbocycles. The van der Waals surface area contributed by atoms with Crippen molar-refractivity contribution in [2.75, 3.05) is 24.7 Å². The third kappa shape index (κ3) is 6.47. The van der Waals surface area contributed by atoms with Crippen molar-refractivity contribution in [3.63, 3.8) is 0 Å². The van der Waals surface area contributed by atoms with E-state index in [1.807, 2.05) is 49.6 Å². The maximum Gasteiger partial charge on any atom is 0.314 e. The van der Waals surface area contributed by atoms with E-state index in [1.165, 1.54) is 19.4 Å². The third-order valence-corrected chi connectivity index (χ3v) is 9.81. The summed E-state index contributed by atoms with van der Waals surface area (Å²) in [5, 5.41) is 0.836. The molecule has 222 valence electrons. The molecular weight excluding hydrogens is 557 g/mol. The molecule has 1 fully saturated rings. The van der Waals surface area contributed by atoms with Gasteiger partial charge < -0.3 is 9.64 Å². The molecule has 42 heavy (non-hydrogen) atoms. The summed E-state index contributed by atoms with van der Waals surface area (Å²) in [5.74, 6) is -0.425. The molecule has 1 aliphatic carbocycles. The minimum Gasteiger partial charge on any atom is -0.443 e. The Bertz CT molecular complexity index is 1650. The van der Waals surface area contributed by atoms with E-state index < -0.39 is 21.9 Å². The number of halogens is 1. The number of rotatable bonds is 10. The molecule has 1 aliphatic rings. The summed E-state index contributed by atoms with van der Waals surface area (Å²) in [4.78, 5) is 24.0. The van der Waals surface area contributed by atoms with Crippen LogP contribution in [-0.2, 0) is 26.3 Å². The molecule has 0 amide bonds. The first kappa shape index (κ1) is 29.7. The maximum atomic E-state index is 14.9. The van der Waals surface area contributed by atoms with Crippen molar-refractivity contribution in [2.24, 2.45) is 5.92 Å². The standard InChI is InChI=1S/C31H36FN5O4S/c1-21(24-11-14-26(28(32)17-24)23-7-5-4-6-8-23)31(38)41-20-37-16-15-27-29(34-19-35-30(27)37)36(3)25-12-9-22(10-13-25)18-42(39,40)33-2/h4-8,11,14-17,19,21-22,25,33H,9-10,12-13,18,20H2,1-3H3/t21?,22-,25-. The molecule has 2 heterocycles. The molecule has 2 aromatic heterocycles. The molecule has 0 spiro atoms. The van der Waals surface area contributed by atoms with Gasteiger partial charge in [0.15, 0.2) is 6.73 Å². The normalized spacial score (nSPS) is 18.1. The van der Waals surface area contributed by atoms with E-state index in [4.69, 9.17) is 4.74 Å². The summed E-state index contributed by atoms with van der Waals surface area (Å²) in [5.41, 5.74) is 2.43. The van der Waals surface area contributed by atoms with Gasteiger partial charge in [0.25, 0.3) is 0 Å². The zero-order chi connectivity index (χ0) is 29.9. The van der Waals surface area contributed by atoms with Gasteiger partial charge in [0.05, 0.1) is 17.1 Å². The number of anilines is 1. The van der Waals surface area contributed by atoms with Gasteiger partial charge in [-0.1, -0.05) is 42.5 Å². The van der Waals surface area contributed by atoms with Crippen molar-refractivity contribution in [1.29, 1.82) is 0 Å². The van der Waals surface area contributed by atoms with Crippen LogP contribution < -0.4 is 9.62 Å². The quantitative estimate of drug-likeness (QED) is 0.256. The second-order valence-electron chi connectivity index (χ2n) is 10.9. The first-order valence-electron chi connectivity index (χ1n) is 14.1. The number of benzene rings is 2. The number of nitrogens with zero attached hydrogens (tertiary/aromatic N) is 4. The molecule has 0 aliphatic heterocycles. The van der Waals surface area contributed by atoms with Crippen molar-refractivity contribution < 1.29 is 22.3 Å². The van der Waals surface area contributed by atoms with Crippen molar-refractivity contribution >= 4 is 32.8 Å². The zero-order valence-corrected chi connectivity index (χ0v) is 24.9. The Balaban J connectivity index is 1.22. The van der Waals surface area contributed by atoms with Crippen LogP contribution in [0.2, 0.25) is 0 Å². The van der Waals surface area contributed by atoms with Gasteiger partial charge in [-0.2, -0.15) is 0 Å². The van der Waals surface area contributed by atoms with Crippen LogP contribution in [0.1, 0.15) is 44.1 Å². The van der Waals surface area contributed by atoms with Gasteiger partial charge >= 0.3 is 5.97 Å². The van der Waals surface area contributed by atoms with Crippen LogP contribution in [-0.4, -0.2) is 54.8 Å². The van der Waals surface area contributed by atoms with E-state index in [9.17, 15) is 17.6 Å². The number of fused-ring (bicyclic) bond motifs is 1. The molecule has 0 bridgehead atoms. The maximum absolute atomic E-state index is 14.9. The highest BCUT2D eigenvalue weighted by molar-refractivity contribution is 7.89. The third-order valence-electron chi connectivity index (χ3n) is 8.28. The van der Waals surface area contributed by atoms with Gasteiger partial charge in [0, 0.05) is 24.8 Å². The molecule has 9 nitrogen and oxygen atoms in total. The fourth-order valence-corrected chi connectivity index (χ4v) is 6.81. The van der Waals surface area contributed by atoms with Crippen LogP contribution in [0.25, 0.3) is 22.2 Å². The van der Waals surface area contributed by atoms with Gasteiger partial charge in [-0.25, -0.2) is 27.5 Å². The number of aromatic nitrogens is 3. The fraction of sp³-hybridized carbons (Fsp3) is 0.387. The highest BCUT2D eigenvalue weighted by Gasteiger charge is 2.28. The highest BCUT2D eigenvalue weighted by atomic mass is 32.2. The Morgan fingerprint density at radius 3 is 2.55 bits per heavy atom.